The zero-order valence-corrected chi connectivity index (χ0v) is 10.4. The normalized spacial score (nSPS) is 12.9. The first-order valence-electron chi connectivity index (χ1n) is 6.18. The Morgan fingerprint density at radius 3 is 2.88 bits per heavy atom. The summed E-state index contributed by atoms with van der Waals surface area (Å²) < 4.78 is 5.61. The lowest BCUT2D eigenvalue weighted by molar-refractivity contribution is 0.175. The summed E-state index contributed by atoms with van der Waals surface area (Å²) >= 11 is 0. The number of aliphatic hydroxyl groups excluding tert-OH is 1. The van der Waals surface area contributed by atoms with E-state index in [9.17, 15) is 5.11 Å². The van der Waals surface area contributed by atoms with Crippen LogP contribution >= 0.6 is 0 Å². The van der Waals surface area contributed by atoms with E-state index < -0.39 is 6.10 Å². The maximum atomic E-state index is 9.92. The van der Waals surface area contributed by atoms with Crippen LogP contribution in [0.1, 0.15) is 38.4 Å². The number of aromatic nitrogens is 1. The van der Waals surface area contributed by atoms with Gasteiger partial charge in [-0.1, -0.05) is 13.8 Å². The fourth-order valence-corrected chi connectivity index (χ4v) is 1.93. The molecule has 1 aromatic carbocycles. The van der Waals surface area contributed by atoms with Gasteiger partial charge in [0, 0.05) is 22.7 Å². The number of nitrogens with one attached hydrogen (secondary N) is 1. The van der Waals surface area contributed by atoms with Gasteiger partial charge in [0.2, 0.25) is 0 Å². The lowest BCUT2D eigenvalue weighted by Gasteiger charge is -2.08. The molecule has 0 fully saturated rings. The highest BCUT2D eigenvalue weighted by Crippen LogP contribution is 2.29. The van der Waals surface area contributed by atoms with E-state index in [-0.39, 0.29) is 0 Å². The van der Waals surface area contributed by atoms with Crippen LogP contribution < -0.4 is 4.74 Å². The van der Waals surface area contributed by atoms with Crippen molar-refractivity contribution < 1.29 is 9.84 Å². The monoisotopic (exact) mass is 233 g/mol. The molecule has 17 heavy (non-hydrogen) atoms. The average Bonchev–Trinajstić information content (AvgIpc) is 2.78. The predicted molar refractivity (Wildman–Crippen MR) is 69.3 cm³/mol. The number of rotatable bonds is 5. The standard InChI is InChI=1S/C14H19NO2/c1-3-7-17-10-5-6-13-11(8-10)12(9-15-13)14(16)4-2/h5-6,8-9,14-16H,3-4,7H2,1-2H3/t14-/m1/s1. The SMILES string of the molecule is CCCOc1ccc2[nH]cc([C@H](O)CC)c2c1. The fraction of sp³-hybridized carbons (Fsp3) is 0.429. The third kappa shape index (κ3) is 2.44. The Kier molecular flexibility index (Phi) is 3.69. The van der Waals surface area contributed by atoms with Gasteiger partial charge in [-0.25, -0.2) is 0 Å². The molecule has 1 aromatic heterocycles. The van der Waals surface area contributed by atoms with Gasteiger partial charge in [0.25, 0.3) is 0 Å². The van der Waals surface area contributed by atoms with Gasteiger partial charge in [-0.05, 0) is 31.0 Å². The zero-order chi connectivity index (χ0) is 12.3. The van der Waals surface area contributed by atoms with E-state index in [0.29, 0.717) is 6.42 Å². The smallest absolute Gasteiger partial charge is 0.120 e. The van der Waals surface area contributed by atoms with E-state index in [1.165, 1.54) is 0 Å². The maximum absolute atomic E-state index is 9.92. The molecule has 1 heterocycles. The number of ether oxygens (including phenoxy) is 1. The largest absolute Gasteiger partial charge is 0.494 e. The molecule has 3 heteroatoms. The Morgan fingerprint density at radius 1 is 1.35 bits per heavy atom. The molecule has 3 nitrogen and oxygen atoms in total. The quantitative estimate of drug-likeness (QED) is 0.831. The summed E-state index contributed by atoms with van der Waals surface area (Å²) in [6.07, 6.45) is 3.18. The average molecular weight is 233 g/mol. The number of fused-ring (bicyclic) bond motifs is 1. The highest BCUT2D eigenvalue weighted by molar-refractivity contribution is 5.85. The van der Waals surface area contributed by atoms with Gasteiger partial charge in [-0.15, -0.1) is 0 Å². The van der Waals surface area contributed by atoms with Gasteiger partial charge >= 0.3 is 0 Å². The van der Waals surface area contributed by atoms with Crippen LogP contribution in [0.15, 0.2) is 24.4 Å². The van der Waals surface area contributed by atoms with Crippen molar-refractivity contribution in [3.63, 3.8) is 0 Å². The minimum atomic E-state index is -0.412. The van der Waals surface area contributed by atoms with Crippen molar-refractivity contribution in [2.75, 3.05) is 6.61 Å². The molecule has 92 valence electrons. The van der Waals surface area contributed by atoms with Crippen molar-refractivity contribution in [1.29, 1.82) is 0 Å². The first-order valence-corrected chi connectivity index (χ1v) is 6.18. The summed E-state index contributed by atoms with van der Waals surface area (Å²) in [5.74, 6) is 0.864. The Morgan fingerprint density at radius 2 is 2.18 bits per heavy atom. The third-order valence-electron chi connectivity index (χ3n) is 2.90. The van der Waals surface area contributed by atoms with E-state index >= 15 is 0 Å². The van der Waals surface area contributed by atoms with Gasteiger partial charge in [-0.2, -0.15) is 0 Å². The van der Waals surface area contributed by atoms with Crippen LogP contribution in [0.25, 0.3) is 10.9 Å². The second-order valence-corrected chi connectivity index (χ2v) is 4.22. The van der Waals surface area contributed by atoms with E-state index in [4.69, 9.17) is 4.74 Å². The lowest BCUT2D eigenvalue weighted by Crippen LogP contribution is -1.96. The van der Waals surface area contributed by atoms with Crippen molar-refractivity contribution >= 4 is 10.9 Å². The Hall–Kier alpha value is -1.48. The highest BCUT2D eigenvalue weighted by Gasteiger charge is 2.11. The molecule has 0 aliphatic heterocycles. The molecule has 0 amide bonds. The summed E-state index contributed by atoms with van der Waals surface area (Å²) in [5.41, 5.74) is 1.99. The zero-order valence-electron chi connectivity index (χ0n) is 10.4. The van der Waals surface area contributed by atoms with Crippen LogP contribution in [-0.4, -0.2) is 16.7 Å². The lowest BCUT2D eigenvalue weighted by atomic mass is 10.1. The number of aliphatic hydroxyl groups is 1. The Labute approximate surface area is 101 Å². The van der Waals surface area contributed by atoms with Crippen LogP contribution in [-0.2, 0) is 0 Å². The first-order chi connectivity index (χ1) is 8.26. The molecular formula is C14H19NO2. The highest BCUT2D eigenvalue weighted by atomic mass is 16.5. The first kappa shape index (κ1) is 12.0. The molecular weight excluding hydrogens is 214 g/mol. The summed E-state index contributed by atoms with van der Waals surface area (Å²) in [6.45, 7) is 4.78. The van der Waals surface area contributed by atoms with Crippen LogP contribution in [0, 0.1) is 0 Å². The topological polar surface area (TPSA) is 45.2 Å². The van der Waals surface area contributed by atoms with Crippen molar-refractivity contribution in [2.45, 2.75) is 32.8 Å². The van der Waals surface area contributed by atoms with Crippen LogP contribution in [0.3, 0.4) is 0 Å². The summed E-state index contributed by atoms with van der Waals surface area (Å²) in [6, 6.07) is 5.94. The van der Waals surface area contributed by atoms with E-state index in [2.05, 4.69) is 11.9 Å². The number of hydrogen-bond donors (Lipinski definition) is 2. The number of benzene rings is 1. The van der Waals surface area contributed by atoms with E-state index in [1.807, 2.05) is 31.3 Å². The predicted octanol–water partition coefficient (Wildman–Crippen LogP) is 3.40. The van der Waals surface area contributed by atoms with Crippen LogP contribution in [0.5, 0.6) is 5.75 Å². The summed E-state index contributed by atoms with van der Waals surface area (Å²) in [7, 11) is 0. The molecule has 0 spiro atoms. The van der Waals surface area contributed by atoms with Crippen molar-refractivity contribution in [2.24, 2.45) is 0 Å². The molecule has 0 aliphatic carbocycles. The van der Waals surface area contributed by atoms with Crippen molar-refractivity contribution in [3.05, 3.63) is 30.0 Å². The van der Waals surface area contributed by atoms with Crippen molar-refractivity contribution in [3.8, 4) is 5.75 Å². The molecule has 0 saturated heterocycles. The molecule has 0 bridgehead atoms. The van der Waals surface area contributed by atoms with E-state index in [0.717, 1.165) is 35.2 Å². The second kappa shape index (κ2) is 5.23. The van der Waals surface area contributed by atoms with Crippen LogP contribution in [0.4, 0.5) is 0 Å². The minimum absolute atomic E-state index is 0.412. The van der Waals surface area contributed by atoms with Gasteiger partial charge in [0.1, 0.15) is 5.75 Å². The molecule has 2 rings (SSSR count). The molecule has 0 aliphatic rings. The van der Waals surface area contributed by atoms with Gasteiger partial charge in [-0.3, -0.25) is 0 Å². The van der Waals surface area contributed by atoms with Gasteiger partial charge in [0.15, 0.2) is 0 Å². The molecule has 2 N–H and O–H groups in total. The summed E-state index contributed by atoms with van der Waals surface area (Å²) in [4.78, 5) is 3.17. The van der Waals surface area contributed by atoms with Gasteiger partial charge in [0.05, 0.1) is 12.7 Å². The minimum Gasteiger partial charge on any atom is -0.494 e. The molecule has 1 atom stereocenters. The molecule has 0 saturated carbocycles. The fourth-order valence-electron chi connectivity index (χ4n) is 1.93. The van der Waals surface area contributed by atoms with Crippen molar-refractivity contribution in [1.82, 2.24) is 4.98 Å². The Bertz CT molecular complexity index is 490. The maximum Gasteiger partial charge on any atom is 0.120 e. The molecule has 2 aromatic rings. The summed E-state index contributed by atoms with van der Waals surface area (Å²) in [5, 5.41) is 11.0. The van der Waals surface area contributed by atoms with Crippen LogP contribution in [0.2, 0.25) is 0 Å². The van der Waals surface area contributed by atoms with Gasteiger partial charge < -0.3 is 14.8 Å². The molecule has 0 radical (unpaired) electrons. The number of H-pyrrole nitrogens is 1. The van der Waals surface area contributed by atoms with E-state index in [1.54, 1.807) is 0 Å². The second-order valence-electron chi connectivity index (χ2n) is 4.22. The third-order valence-corrected chi connectivity index (χ3v) is 2.90. The Balaban J connectivity index is 2.36. The number of hydrogen-bond acceptors (Lipinski definition) is 2. The molecule has 0 unspecified atom stereocenters. The number of aromatic amines is 1.